The van der Waals surface area contributed by atoms with Crippen LogP contribution in [-0.2, 0) is 0 Å². The lowest BCUT2D eigenvalue weighted by Gasteiger charge is -2.20. The van der Waals surface area contributed by atoms with E-state index in [4.69, 9.17) is 17.3 Å². The molecule has 5 heteroatoms. The standard InChI is InChI=1S/C15H22ClN3O/c1-11(10-19-4-2-3-5-19)9-18-15(20)12-6-13(16)8-14(17)7-12/h6-8,11H,2-5,9-10,17H2,1H3,(H,18,20). The van der Waals surface area contributed by atoms with Crippen LogP contribution in [0.1, 0.15) is 30.1 Å². The zero-order chi connectivity index (χ0) is 14.5. The van der Waals surface area contributed by atoms with Crippen LogP contribution in [0.3, 0.4) is 0 Å². The van der Waals surface area contributed by atoms with Gasteiger partial charge in [-0.1, -0.05) is 18.5 Å². The van der Waals surface area contributed by atoms with Crippen molar-refractivity contribution in [2.24, 2.45) is 5.92 Å². The van der Waals surface area contributed by atoms with Crippen molar-refractivity contribution in [1.29, 1.82) is 0 Å². The molecule has 3 N–H and O–H groups in total. The number of carbonyl (C=O) groups is 1. The molecule has 4 nitrogen and oxygen atoms in total. The lowest BCUT2D eigenvalue weighted by atomic mass is 10.1. The first-order chi connectivity index (χ1) is 9.54. The number of carbonyl (C=O) groups excluding carboxylic acids is 1. The molecular weight excluding hydrogens is 274 g/mol. The summed E-state index contributed by atoms with van der Waals surface area (Å²) < 4.78 is 0. The number of halogens is 1. The summed E-state index contributed by atoms with van der Waals surface area (Å²) in [5.74, 6) is 0.320. The maximum atomic E-state index is 12.1. The summed E-state index contributed by atoms with van der Waals surface area (Å²) in [6, 6.07) is 4.92. The Kier molecular flexibility index (Phi) is 5.26. The summed E-state index contributed by atoms with van der Waals surface area (Å²) in [5, 5.41) is 3.43. The molecule has 0 aliphatic carbocycles. The largest absolute Gasteiger partial charge is 0.399 e. The van der Waals surface area contributed by atoms with Crippen molar-refractivity contribution >= 4 is 23.2 Å². The first-order valence-electron chi connectivity index (χ1n) is 7.11. The molecule has 1 aromatic rings. The van der Waals surface area contributed by atoms with Crippen molar-refractivity contribution in [2.75, 3.05) is 31.9 Å². The van der Waals surface area contributed by atoms with E-state index < -0.39 is 0 Å². The lowest BCUT2D eigenvalue weighted by Crippen LogP contribution is -2.34. The molecule has 1 unspecified atom stereocenters. The molecule has 1 aliphatic rings. The highest BCUT2D eigenvalue weighted by molar-refractivity contribution is 6.31. The van der Waals surface area contributed by atoms with Crippen molar-refractivity contribution < 1.29 is 4.79 Å². The Morgan fingerprint density at radius 1 is 1.40 bits per heavy atom. The lowest BCUT2D eigenvalue weighted by molar-refractivity contribution is 0.0945. The van der Waals surface area contributed by atoms with Crippen LogP contribution in [0.15, 0.2) is 18.2 Å². The summed E-state index contributed by atoms with van der Waals surface area (Å²) >= 11 is 5.90. The Hall–Kier alpha value is -1.26. The van der Waals surface area contributed by atoms with Gasteiger partial charge in [0.25, 0.3) is 5.91 Å². The quantitative estimate of drug-likeness (QED) is 0.820. The maximum absolute atomic E-state index is 12.1. The SMILES string of the molecule is CC(CNC(=O)c1cc(N)cc(Cl)c1)CN1CCCC1. The molecule has 1 heterocycles. The van der Waals surface area contributed by atoms with E-state index in [1.54, 1.807) is 18.2 Å². The molecule has 1 amide bonds. The van der Waals surface area contributed by atoms with Crippen LogP contribution in [0, 0.1) is 5.92 Å². The number of rotatable bonds is 5. The van der Waals surface area contributed by atoms with E-state index in [1.165, 1.54) is 25.9 Å². The second-order valence-corrected chi connectivity index (χ2v) is 6.03. The Bertz CT molecular complexity index is 452. The topological polar surface area (TPSA) is 58.4 Å². The number of likely N-dealkylation sites (tertiary alicyclic amines) is 1. The average molecular weight is 296 g/mol. The predicted octanol–water partition coefficient (Wildman–Crippen LogP) is 2.38. The average Bonchev–Trinajstić information content (AvgIpc) is 2.87. The zero-order valence-electron chi connectivity index (χ0n) is 11.9. The minimum absolute atomic E-state index is 0.118. The Balaban J connectivity index is 1.81. The number of nitrogens with two attached hydrogens (primary N) is 1. The molecule has 2 rings (SSSR count). The second-order valence-electron chi connectivity index (χ2n) is 5.60. The van der Waals surface area contributed by atoms with Gasteiger partial charge >= 0.3 is 0 Å². The Morgan fingerprint density at radius 2 is 2.10 bits per heavy atom. The van der Waals surface area contributed by atoms with E-state index in [-0.39, 0.29) is 5.91 Å². The first kappa shape index (κ1) is 15.1. The smallest absolute Gasteiger partial charge is 0.251 e. The Morgan fingerprint density at radius 3 is 2.75 bits per heavy atom. The summed E-state index contributed by atoms with van der Waals surface area (Å²) in [7, 11) is 0. The summed E-state index contributed by atoms with van der Waals surface area (Å²) in [5.41, 5.74) is 6.72. The van der Waals surface area contributed by atoms with E-state index in [0.29, 0.717) is 28.7 Å². The van der Waals surface area contributed by atoms with Crippen LogP contribution in [0.5, 0.6) is 0 Å². The highest BCUT2D eigenvalue weighted by Gasteiger charge is 2.15. The van der Waals surface area contributed by atoms with Crippen LogP contribution in [0.2, 0.25) is 5.02 Å². The molecule has 0 radical (unpaired) electrons. The molecule has 0 spiro atoms. The molecule has 1 atom stereocenters. The van der Waals surface area contributed by atoms with Crippen LogP contribution in [-0.4, -0.2) is 37.0 Å². The third-order valence-corrected chi connectivity index (χ3v) is 3.78. The number of amides is 1. The van der Waals surface area contributed by atoms with Gasteiger partial charge in [-0.2, -0.15) is 0 Å². The van der Waals surface area contributed by atoms with Gasteiger partial charge < -0.3 is 16.0 Å². The van der Waals surface area contributed by atoms with E-state index >= 15 is 0 Å². The molecule has 0 bridgehead atoms. The fourth-order valence-corrected chi connectivity index (χ4v) is 2.83. The number of hydrogen-bond donors (Lipinski definition) is 2. The molecule has 0 saturated carbocycles. The number of nitrogens with one attached hydrogen (secondary N) is 1. The molecule has 20 heavy (non-hydrogen) atoms. The summed E-state index contributed by atoms with van der Waals surface area (Å²) in [4.78, 5) is 14.5. The fourth-order valence-electron chi connectivity index (χ4n) is 2.58. The van der Waals surface area contributed by atoms with E-state index in [9.17, 15) is 4.79 Å². The maximum Gasteiger partial charge on any atom is 0.251 e. The van der Waals surface area contributed by atoms with Crippen molar-refractivity contribution in [3.8, 4) is 0 Å². The summed E-state index contributed by atoms with van der Waals surface area (Å²) in [6.07, 6.45) is 2.59. The number of anilines is 1. The van der Waals surface area contributed by atoms with Gasteiger partial charge in [0.05, 0.1) is 0 Å². The number of benzene rings is 1. The zero-order valence-corrected chi connectivity index (χ0v) is 12.6. The van der Waals surface area contributed by atoms with Gasteiger partial charge in [0.1, 0.15) is 0 Å². The molecule has 1 saturated heterocycles. The molecular formula is C15H22ClN3O. The van der Waals surface area contributed by atoms with E-state index in [2.05, 4.69) is 17.1 Å². The van der Waals surface area contributed by atoms with E-state index in [0.717, 1.165) is 6.54 Å². The van der Waals surface area contributed by atoms with Gasteiger partial charge in [-0.25, -0.2) is 0 Å². The number of nitrogen functional groups attached to an aromatic ring is 1. The third-order valence-electron chi connectivity index (χ3n) is 3.56. The minimum atomic E-state index is -0.118. The van der Waals surface area contributed by atoms with E-state index in [1.807, 2.05) is 0 Å². The fraction of sp³-hybridized carbons (Fsp3) is 0.533. The van der Waals surface area contributed by atoms with Crippen LogP contribution < -0.4 is 11.1 Å². The van der Waals surface area contributed by atoms with Gasteiger partial charge in [0.15, 0.2) is 0 Å². The highest BCUT2D eigenvalue weighted by Crippen LogP contribution is 2.16. The third kappa shape index (κ3) is 4.39. The predicted molar refractivity (Wildman–Crippen MR) is 83.0 cm³/mol. The molecule has 1 fully saturated rings. The van der Waals surface area contributed by atoms with Crippen molar-refractivity contribution in [2.45, 2.75) is 19.8 Å². The van der Waals surface area contributed by atoms with Gasteiger partial charge in [-0.3, -0.25) is 4.79 Å². The summed E-state index contributed by atoms with van der Waals surface area (Å²) in [6.45, 7) is 6.23. The van der Waals surface area contributed by atoms with Gasteiger partial charge in [-0.05, 0) is 50.0 Å². The molecule has 1 aliphatic heterocycles. The van der Waals surface area contributed by atoms with Crippen molar-refractivity contribution in [1.82, 2.24) is 10.2 Å². The minimum Gasteiger partial charge on any atom is -0.399 e. The number of hydrogen-bond acceptors (Lipinski definition) is 3. The van der Waals surface area contributed by atoms with Gasteiger partial charge in [-0.15, -0.1) is 0 Å². The highest BCUT2D eigenvalue weighted by atomic mass is 35.5. The Labute approximate surface area is 125 Å². The van der Waals surface area contributed by atoms with Gasteiger partial charge in [0.2, 0.25) is 0 Å². The van der Waals surface area contributed by atoms with Crippen LogP contribution >= 0.6 is 11.6 Å². The molecule has 1 aromatic carbocycles. The van der Waals surface area contributed by atoms with Crippen molar-refractivity contribution in [3.63, 3.8) is 0 Å². The second kappa shape index (κ2) is 6.95. The van der Waals surface area contributed by atoms with Crippen LogP contribution in [0.4, 0.5) is 5.69 Å². The normalized spacial score (nSPS) is 17.1. The monoisotopic (exact) mass is 295 g/mol. The van der Waals surface area contributed by atoms with Crippen molar-refractivity contribution in [3.05, 3.63) is 28.8 Å². The first-order valence-corrected chi connectivity index (χ1v) is 7.49. The van der Waals surface area contributed by atoms with Crippen LogP contribution in [0.25, 0.3) is 0 Å². The van der Waals surface area contributed by atoms with Gasteiger partial charge in [0, 0.05) is 29.4 Å². The number of nitrogens with zero attached hydrogens (tertiary/aromatic N) is 1. The molecule has 0 aromatic heterocycles. The molecule has 110 valence electrons.